The Morgan fingerprint density at radius 3 is 2.39 bits per heavy atom. The number of esters is 2. The highest BCUT2D eigenvalue weighted by molar-refractivity contribution is 9.10. The summed E-state index contributed by atoms with van der Waals surface area (Å²) in [7, 11) is 3.04. The molecule has 0 fully saturated rings. The largest absolute Gasteiger partial charge is 0.496 e. The van der Waals surface area contributed by atoms with Gasteiger partial charge in [0.25, 0.3) is 5.56 Å². The van der Waals surface area contributed by atoms with Crippen molar-refractivity contribution >= 4 is 45.3 Å². The van der Waals surface area contributed by atoms with Crippen LogP contribution in [0.5, 0.6) is 17.2 Å². The first-order valence-corrected chi connectivity index (χ1v) is 14.3. The SMILES string of the molecule is CCOC(=O)COc1ccc(/C=c2\sc3n(c2=O)[C@H](c2ccc(OC)c(Br)c2)C(C(=O)OCC)=C(C)N=3)cc1OC. The first-order chi connectivity index (χ1) is 19.7. The van der Waals surface area contributed by atoms with Crippen LogP contribution in [0.2, 0.25) is 0 Å². The van der Waals surface area contributed by atoms with Gasteiger partial charge in [-0.2, -0.15) is 0 Å². The van der Waals surface area contributed by atoms with Crippen molar-refractivity contribution < 1.29 is 33.3 Å². The summed E-state index contributed by atoms with van der Waals surface area (Å²) >= 11 is 4.72. The van der Waals surface area contributed by atoms with Crippen LogP contribution in [0.15, 0.2) is 61.9 Å². The molecule has 41 heavy (non-hydrogen) atoms. The Morgan fingerprint density at radius 1 is 1.02 bits per heavy atom. The van der Waals surface area contributed by atoms with Crippen molar-refractivity contribution in [3.05, 3.63) is 83.0 Å². The molecule has 2 heterocycles. The molecule has 3 aromatic rings. The minimum absolute atomic E-state index is 0.181. The molecule has 10 nitrogen and oxygen atoms in total. The lowest BCUT2D eigenvalue weighted by Crippen LogP contribution is -2.39. The number of thiazole rings is 1. The van der Waals surface area contributed by atoms with E-state index in [0.29, 0.717) is 47.9 Å². The summed E-state index contributed by atoms with van der Waals surface area (Å²) in [6.07, 6.45) is 1.71. The van der Waals surface area contributed by atoms with Crippen molar-refractivity contribution in [3.63, 3.8) is 0 Å². The molecule has 1 aliphatic rings. The molecule has 1 aliphatic heterocycles. The van der Waals surface area contributed by atoms with Crippen molar-refractivity contribution in [1.29, 1.82) is 0 Å². The lowest BCUT2D eigenvalue weighted by Gasteiger charge is -2.25. The fourth-order valence-corrected chi connectivity index (χ4v) is 5.95. The van der Waals surface area contributed by atoms with Gasteiger partial charge in [0.1, 0.15) is 5.75 Å². The average Bonchev–Trinajstić information content (AvgIpc) is 3.25. The Bertz CT molecular complexity index is 1690. The zero-order chi connectivity index (χ0) is 29.7. The second kappa shape index (κ2) is 13.2. The van der Waals surface area contributed by atoms with Crippen molar-refractivity contribution in [2.24, 2.45) is 4.99 Å². The van der Waals surface area contributed by atoms with Crippen molar-refractivity contribution in [1.82, 2.24) is 4.57 Å². The van der Waals surface area contributed by atoms with Gasteiger partial charge in [-0.05, 0) is 78.2 Å². The van der Waals surface area contributed by atoms with E-state index < -0.39 is 18.0 Å². The lowest BCUT2D eigenvalue weighted by atomic mass is 9.96. The molecular formula is C29H29BrN2O8S. The van der Waals surface area contributed by atoms with E-state index in [1.165, 1.54) is 23.0 Å². The molecule has 0 aliphatic carbocycles. The maximum absolute atomic E-state index is 13.9. The van der Waals surface area contributed by atoms with E-state index in [-0.39, 0.29) is 31.0 Å². The number of rotatable bonds is 10. The number of ether oxygens (including phenoxy) is 5. The predicted molar refractivity (Wildman–Crippen MR) is 156 cm³/mol. The van der Waals surface area contributed by atoms with Gasteiger partial charge in [-0.1, -0.05) is 23.5 Å². The van der Waals surface area contributed by atoms with E-state index in [1.54, 1.807) is 58.2 Å². The minimum atomic E-state index is -0.761. The van der Waals surface area contributed by atoms with Crippen LogP contribution >= 0.6 is 27.3 Å². The highest BCUT2D eigenvalue weighted by Gasteiger charge is 2.33. The van der Waals surface area contributed by atoms with Crippen LogP contribution in [0.3, 0.4) is 0 Å². The molecule has 1 atom stereocenters. The quantitative estimate of drug-likeness (QED) is 0.308. The standard InChI is InChI=1S/C29H29BrN2O8S/c1-6-38-24(33)15-40-21-10-8-17(12-22(21)37-5)13-23-27(34)32-26(18-9-11-20(36-4)19(30)14-18)25(28(35)39-7-2)16(3)31-29(32)41-23/h8-14,26H,6-7,15H2,1-5H3/b23-13-/t26-/m1/s1. The summed E-state index contributed by atoms with van der Waals surface area (Å²) in [5.74, 6) is 0.332. The summed E-state index contributed by atoms with van der Waals surface area (Å²) in [6.45, 7) is 5.35. The predicted octanol–water partition coefficient (Wildman–Crippen LogP) is 3.52. The zero-order valence-corrected chi connectivity index (χ0v) is 25.6. The Morgan fingerprint density at radius 2 is 1.73 bits per heavy atom. The molecular weight excluding hydrogens is 616 g/mol. The van der Waals surface area contributed by atoms with Crippen molar-refractivity contribution in [2.75, 3.05) is 34.0 Å². The third-order valence-electron chi connectivity index (χ3n) is 6.14. The van der Waals surface area contributed by atoms with Crippen LogP contribution in [-0.4, -0.2) is 50.5 Å². The fourth-order valence-electron chi connectivity index (χ4n) is 4.34. The molecule has 2 aromatic carbocycles. The summed E-state index contributed by atoms with van der Waals surface area (Å²) < 4.78 is 29.2. The van der Waals surface area contributed by atoms with Crippen LogP contribution in [0.4, 0.5) is 0 Å². The van der Waals surface area contributed by atoms with Gasteiger partial charge < -0.3 is 23.7 Å². The number of nitrogens with zero attached hydrogens (tertiary/aromatic N) is 2. The number of carbonyl (C=O) groups excluding carboxylic acids is 2. The maximum atomic E-state index is 13.9. The molecule has 216 valence electrons. The third kappa shape index (κ3) is 6.38. The second-order valence-electron chi connectivity index (χ2n) is 8.70. The van der Waals surface area contributed by atoms with Gasteiger partial charge in [0.05, 0.1) is 53.8 Å². The van der Waals surface area contributed by atoms with Crippen LogP contribution in [-0.2, 0) is 19.1 Å². The van der Waals surface area contributed by atoms with Gasteiger partial charge in [0, 0.05) is 0 Å². The molecule has 12 heteroatoms. The first kappa shape index (κ1) is 30.1. The lowest BCUT2D eigenvalue weighted by molar-refractivity contribution is -0.145. The number of fused-ring (bicyclic) bond motifs is 1. The summed E-state index contributed by atoms with van der Waals surface area (Å²) in [6, 6.07) is 9.73. The number of halogens is 1. The number of carbonyl (C=O) groups is 2. The molecule has 1 aromatic heterocycles. The molecule has 0 amide bonds. The normalized spacial score (nSPS) is 14.7. The van der Waals surface area contributed by atoms with E-state index in [4.69, 9.17) is 23.7 Å². The molecule has 0 unspecified atom stereocenters. The van der Waals surface area contributed by atoms with Crippen molar-refractivity contribution in [2.45, 2.75) is 26.8 Å². The molecule has 0 saturated heterocycles. The van der Waals surface area contributed by atoms with E-state index in [2.05, 4.69) is 20.9 Å². The van der Waals surface area contributed by atoms with Gasteiger partial charge in [0.15, 0.2) is 22.9 Å². The number of hydrogen-bond donors (Lipinski definition) is 0. The van der Waals surface area contributed by atoms with Crippen LogP contribution in [0, 0.1) is 0 Å². The Balaban J connectivity index is 1.81. The van der Waals surface area contributed by atoms with E-state index in [1.807, 2.05) is 12.1 Å². The van der Waals surface area contributed by atoms with Crippen LogP contribution < -0.4 is 29.1 Å². The highest BCUT2D eigenvalue weighted by atomic mass is 79.9. The van der Waals surface area contributed by atoms with Gasteiger partial charge in [-0.3, -0.25) is 9.36 Å². The summed E-state index contributed by atoms with van der Waals surface area (Å²) in [5.41, 5.74) is 1.79. The zero-order valence-electron chi connectivity index (χ0n) is 23.2. The third-order valence-corrected chi connectivity index (χ3v) is 7.75. The topological polar surface area (TPSA) is 115 Å². The van der Waals surface area contributed by atoms with Gasteiger partial charge in [-0.25, -0.2) is 14.6 Å². The smallest absolute Gasteiger partial charge is 0.344 e. The highest BCUT2D eigenvalue weighted by Crippen LogP contribution is 2.35. The van der Waals surface area contributed by atoms with Gasteiger partial charge in [0.2, 0.25) is 0 Å². The second-order valence-corrected chi connectivity index (χ2v) is 10.6. The average molecular weight is 646 g/mol. The number of methoxy groups -OCH3 is 2. The first-order valence-electron chi connectivity index (χ1n) is 12.7. The van der Waals surface area contributed by atoms with E-state index in [9.17, 15) is 14.4 Å². The molecule has 0 bridgehead atoms. The summed E-state index contributed by atoms with van der Waals surface area (Å²) in [4.78, 5) is 43.7. The van der Waals surface area contributed by atoms with Gasteiger partial charge in [-0.15, -0.1) is 0 Å². The van der Waals surface area contributed by atoms with Crippen LogP contribution in [0.1, 0.15) is 37.9 Å². The number of aromatic nitrogens is 1. The monoisotopic (exact) mass is 644 g/mol. The Kier molecular flexibility index (Phi) is 9.66. The molecule has 0 radical (unpaired) electrons. The van der Waals surface area contributed by atoms with Crippen molar-refractivity contribution in [3.8, 4) is 17.2 Å². The Hall–Kier alpha value is -3.90. The number of benzene rings is 2. The summed E-state index contributed by atoms with van der Waals surface area (Å²) in [5, 5.41) is 0. The van der Waals surface area contributed by atoms with E-state index >= 15 is 0 Å². The molecule has 0 saturated carbocycles. The van der Waals surface area contributed by atoms with E-state index in [0.717, 1.165) is 0 Å². The van der Waals surface area contributed by atoms with Crippen LogP contribution in [0.25, 0.3) is 6.08 Å². The maximum Gasteiger partial charge on any atom is 0.344 e. The fraction of sp³-hybridized carbons (Fsp3) is 0.310. The Labute approximate surface area is 248 Å². The minimum Gasteiger partial charge on any atom is -0.496 e. The molecule has 4 rings (SSSR count). The number of hydrogen-bond acceptors (Lipinski definition) is 10. The molecule has 0 N–H and O–H groups in total. The number of allylic oxidation sites excluding steroid dienone is 1. The van der Waals surface area contributed by atoms with Gasteiger partial charge >= 0.3 is 11.9 Å². The molecule has 0 spiro atoms.